The predicted molar refractivity (Wildman–Crippen MR) is 66.7 cm³/mol. The van der Waals surface area contributed by atoms with Gasteiger partial charge in [-0.2, -0.15) is 0 Å². The Bertz CT molecular complexity index is 611. The zero-order valence-corrected chi connectivity index (χ0v) is 10.7. The number of fused-ring (bicyclic) bond motifs is 1. The molecule has 0 radical (unpaired) electrons. The van der Waals surface area contributed by atoms with Gasteiger partial charge in [0, 0.05) is 6.07 Å². The lowest BCUT2D eigenvalue weighted by Crippen LogP contribution is -2.15. The van der Waals surface area contributed by atoms with Gasteiger partial charge >= 0.3 is 0 Å². The van der Waals surface area contributed by atoms with Gasteiger partial charge in [0.15, 0.2) is 11.5 Å². The van der Waals surface area contributed by atoms with Crippen molar-refractivity contribution in [3.8, 4) is 28.5 Å². The number of nitrogen functional groups attached to an aromatic ring is 1. The summed E-state index contributed by atoms with van der Waals surface area (Å²) in [4.78, 5) is 0. The molecule has 2 aromatic rings. The number of hydrogen-bond acceptors (Lipinski definition) is 6. The second-order valence-corrected chi connectivity index (χ2v) is 4.52. The number of phenols is 1. The highest BCUT2D eigenvalue weighted by atomic mass is 79.9. The Balaban J connectivity index is 2.18. The molecule has 0 saturated heterocycles. The molecular weight excluding hydrogens is 304 g/mol. The topological polar surface area (TPSA) is 90.7 Å². The van der Waals surface area contributed by atoms with Crippen LogP contribution in [0.15, 0.2) is 21.1 Å². The monoisotopic (exact) mass is 312 g/mol. The number of halogens is 1. The summed E-state index contributed by atoms with van der Waals surface area (Å²) in [5.74, 6) is 1.21. The summed E-state index contributed by atoms with van der Waals surface area (Å²) in [6.07, 6.45) is 0. The molecule has 0 amide bonds. The molecule has 18 heavy (non-hydrogen) atoms. The van der Waals surface area contributed by atoms with Gasteiger partial charge in [-0.25, -0.2) is 0 Å². The Kier molecular flexibility index (Phi) is 2.55. The Labute approximate surface area is 110 Å². The van der Waals surface area contributed by atoms with Crippen molar-refractivity contribution in [2.75, 3.05) is 18.9 Å². The SMILES string of the molecule is Nc1cc(-c2cc3c(c(Br)c2O)OCCO3)no1. The third-order valence-corrected chi connectivity index (χ3v) is 3.29. The number of nitrogens with zero attached hydrogens (tertiary/aromatic N) is 1. The molecule has 1 aromatic carbocycles. The number of phenolic OH excluding ortho intramolecular Hbond substituents is 1. The van der Waals surface area contributed by atoms with Gasteiger partial charge in [-0.15, -0.1) is 0 Å². The standard InChI is InChI=1S/C11H9BrN2O4/c12-9-10(15)5(6-4-8(13)18-14-6)3-7-11(9)17-2-1-16-7/h3-4,15H,1-2,13H2. The quantitative estimate of drug-likeness (QED) is 0.838. The summed E-state index contributed by atoms with van der Waals surface area (Å²) < 4.78 is 16.1. The minimum atomic E-state index is 0.00699. The summed E-state index contributed by atoms with van der Waals surface area (Å²) in [7, 11) is 0. The van der Waals surface area contributed by atoms with Gasteiger partial charge in [0.05, 0.1) is 5.56 Å². The molecule has 7 heteroatoms. The van der Waals surface area contributed by atoms with Crippen LogP contribution >= 0.6 is 15.9 Å². The average Bonchev–Trinajstić information content (AvgIpc) is 2.80. The lowest BCUT2D eigenvalue weighted by molar-refractivity contribution is 0.169. The number of ether oxygens (including phenoxy) is 2. The minimum absolute atomic E-state index is 0.00699. The molecule has 1 aliphatic rings. The van der Waals surface area contributed by atoms with Crippen LogP contribution in [0.1, 0.15) is 0 Å². The smallest absolute Gasteiger partial charge is 0.222 e. The number of rotatable bonds is 1. The molecule has 3 N–H and O–H groups in total. The van der Waals surface area contributed by atoms with Crippen LogP contribution in [0.4, 0.5) is 5.88 Å². The lowest BCUT2D eigenvalue weighted by atomic mass is 10.1. The number of benzene rings is 1. The maximum atomic E-state index is 10.1. The van der Waals surface area contributed by atoms with E-state index >= 15 is 0 Å². The molecule has 3 rings (SSSR count). The Hall–Kier alpha value is -1.89. The molecule has 0 spiro atoms. The number of hydrogen-bond donors (Lipinski definition) is 2. The second kappa shape index (κ2) is 4.09. The van der Waals surface area contributed by atoms with Crippen molar-refractivity contribution in [2.24, 2.45) is 0 Å². The van der Waals surface area contributed by atoms with Gasteiger partial charge in [-0.05, 0) is 22.0 Å². The molecule has 0 atom stereocenters. The highest BCUT2D eigenvalue weighted by Crippen LogP contribution is 2.48. The number of anilines is 1. The maximum Gasteiger partial charge on any atom is 0.222 e. The summed E-state index contributed by atoms with van der Waals surface area (Å²) in [5, 5.41) is 13.9. The largest absolute Gasteiger partial charge is 0.506 e. The first kappa shape index (κ1) is 11.2. The first-order valence-corrected chi connectivity index (χ1v) is 5.99. The van der Waals surface area contributed by atoms with E-state index in [2.05, 4.69) is 21.1 Å². The summed E-state index contributed by atoms with van der Waals surface area (Å²) in [6.45, 7) is 0.909. The minimum Gasteiger partial charge on any atom is -0.506 e. The van der Waals surface area contributed by atoms with E-state index in [-0.39, 0.29) is 11.6 Å². The third-order valence-electron chi connectivity index (χ3n) is 2.55. The molecule has 6 nitrogen and oxygen atoms in total. The fraction of sp³-hybridized carbons (Fsp3) is 0.182. The van der Waals surface area contributed by atoms with E-state index in [1.807, 2.05) is 0 Å². The van der Waals surface area contributed by atoms with Crippen molar-refractivity contribution in [3.05, 3.63) is 16.6 Å². The van der Waals surface area contributed by atoms with Gasteiger partial charge in [-0.3, -0.25) is 0 Å². The predicted octanol–water partition coefficient (Wildman–Crippen LogP) is 2.16. The molecule has 94 valence electrons. The highest BCUT2D eigenvalue weighted by molar-refractivity contribution is 9.10. The highest BCUT2D eigenvalue weighted by Gasteiger charge is 2.23. The van der Waals surface area contributed by atoms with E-state index in [1.165, 1.54) is 6.07 Å². The van der Waals surface area contributed by atoms with Crippen molar-refractivity contribution >= 4 is 21.8 Å². The zero-order chi connectivity index (χ0) is 12.7. The lowest BCUT2D eigenvalue weighted by Gasteiger charge is -2.21. The molecular formula is C11H9BrN2O4. The van der Waals surface area contributed by atoms with Crippen molar-refractivity contribution in [2.45, 2.75) is 0 Å². The van der Waals surface area contributed by atoms with E-state index < -0.39 is 0 Å². The van der Waals surface area contributed by atoms with Crippen molar-refractivity contribution < 1.29 is 19.1 Å². The summed E-state index contributed by atoms with van der Waals surface area (Å²) >= 11 is 3.28. The summed E-state index contributed by atoms with van der Waals surface area (Å²) in [6, 6.07) is 3.17. The third kappa shape index (κ3) is 1.67. The molecule has 0 saturated carbocycles. The van der Waals surface area contributed by atoms with Gasteiger partial charge in [-0.1, -0.05) is 5.16 Å². The Morgan fingerprint density at radius 2 is 2.06 bits per heavy atom. The van der Waals surface area contributed by atoms with Crippen LogP contribution in [-0.4, -0.2) is 23.5 Å². The number of nitrogens with two attached hydrogens (primary N) is 1. The first-order chi connectivity index (χ1) is 8.66. The van der Waals surface area contributed by atoms with E-state index in [4.69, 9.17) is 19.7 Å². The molecule has 0 bridgehead atoms. The van der Waals surface area contributed by atoms with Gasteiger partial charge in [0.2, 0.25) is 5.88 Å². The van der Waals surface area contributed by atoms with E-state index in [0.29, 0.717) is 40.4 Å². The number of aromatic hydroxyl groups is 1. The van der Waals surface area contributed by atoms with Gasteiger partial charge in [0.1, 0.15) is 29.1 Å². The first-order valence-electron chi connectivity index (χ1n) is 5.20. The molecule has 0 fully saturated rings. The molecule has 0 unspecified atom stereocenters. The van der Waals surface area contributed by atoms with Crippen molar-refractivity contribution in [3.63, 3.8) is 0 Å². The van der Waals surface area contributed by atoms with Crippen molar-refractivity contribution in [1.82, 2.24) is 5.16 Å². The van der Waals surface area contributed by atoms with Crippen LogP contribution in [0.25, 0.3) is 11.3 Å². The van der Waals surface area contributed by atoms with Crippen LogP contribution in [-0.2, 0) is 0 Å². The molecule has 1 aromatic heterocycles. The Morgan fingerprint density at radius 1 is 1.28 bits per heavy atom. The zero-order valence-electron chi connectivity index (χ0n) is 9.14. The fourth-order valence-electron chi connectivity index (χ4n) is 1.75. The average molecular weight is 313 g/mol. The fourth-order valence-corrected chi connectivity index (χ4v) is 2.27. The van der Waals surface area contributed by atoms with Crippen molar-refractivity contribution in [1.29, 1.82) is 0 Å². The van der Waals surface area contributed by atoms with Crippen LogP contribution in [0.2, 0.25) is 0 Å². The molecule has 1 aliphatic heterocycles. The van der Waals surface area contributed by atoms with E-state index in [0.717, 1.165) is 0 Å². The molecule has 2 heterocycles. The Morgan fingerprint density at radius 3 is 2.78 bits per heavy atom. The number of aromatic nitrogens is 1. The van der Waals surface area contributed by atoms with E-state index in [1.54, 1.807) is 6.07 Å². The second-order valence-electron chi connectivity index (χ2n) is 3.73. The molecule has 0 aliphatic carbocycles. The van der Waals surface area contributed by atoms with Crippen LogP contribution in [0.5, 0.6) is 17.2 Å². The normalized spacial score (nSPS) is 13.6. The van der Waals surface area contributed by atoms with Gasteiger partial charge in [0.25, 0.3) is 0 Å². The maximum absolute atomic E-state index is 10.1. The van der Waals surface area contributed by atoms with Crippen LogP contribution in [0, 0.1) is 0 Å². The van der Waals surface area contributed by atoms with Gasteiger partial charge < -0.3 is 24.8 Å². The van der Waals surface area contributed by atoms with Crippen LogP contribution in [0.3, 0.4) is 0 Å². The summed E-state index contributed by atoms with van der Waals surface area (Å²) in [5.41, 5.74) is 6.36. The van der Waals surface area contributed by atoms with Crippen LogP contribution < -0.4 is 15.2 Å². The van der Waals surface area contributed by atoms with E-state index in [9.17, 15) is 5.11 Å².